The Bertz CT molecular complexity index is 594. The second-order valence-electron chi connectivity index (χ2n) is 3.86. The van der Waals surface area contributed by atoms with Crippen LogP contribution in [0.3, 0.4) is 0 Å². The average Bonchev–Trinajstić information content (AvgIpc) is 2.65. The quantitative estimate of drug-likeness (QED) is 0.754. The molecule has 17 heavy (non-hydrogen) atoms. The summed E-state index contributed by atoms with van der Waals surface area (Å²) in [5, 5.41) is 0. The summed E-state index contributed by atoms with van der Waals surface area (Å²) in [6.07, 6.45) is 2.06. The zero-order valence-corrected chi connectivity index (χ0v) is 11.9. The number of fused-ring (bicyclic) bond motifs is 3. The molecule has 0 N–H and O–H groups in total. The SMILES string of the molecule is CSc1ccc2c(c1)OCc1nc(C)c(Br)n1-2. The summed E-state index contributed by atoms with van der Waals surface area (Å²) in [7, 11) is 0. The predicted octanol–water partition coefficient (Wildman–Crippen LogP) is 3.56. The third-order valence-corrected chi connectivity index (χ3v) is 4.47. The fourth-order valence-corrected chi connectivity index (χ4v) is 2.88. The second kappa shape index (κ2) is 4.07. The van der Waals surface area contributed by atoms with Crippen LogP contribution in [0.5, 0.6) is 5.75 Å². The van der Waals surface area contributed by atoms with E-state index in [-0.39, 0.29) is 0 Å². The molecule has 0 amide bonds. The Balaban J connectivity index is 2.22. The van der Waals surface area contributed by atoms with Gasteiger partial charge in [-0.15, -0.1) is 11.8 Å². The molecule has 0 bridgehead atoms. The lowest BCUT2D eigenvalue weighted by Gasteiger charge is -2.20. The Morgan fingerprint density at radius 1 is 1.47 bits per heavy atom. The van der Waals surface area contributed by atoms with Gasteiger partial charge in [-0.25, -0.2) is 4.98 Å². The third-order valence-electron chi connectivity index (χ3n) is 2.81. The van der Waals surface area contributed by atoms with Gasteiger partial charge in [0.2, 0.25) is 0 Å². The molecule has 0 saturated carbocycles. The van der Waals surface area contributed by atoms with Gasteiger partial charge >= 0.3 is 0 Å². The highest BCUT2D eigenvalue weighted by atomic mass is 79.9. The van der Waals surface area contributed by atoms with Gasteiger partial charge in [0.05, 0.1) is 11.4 Å². The minimum absolute atomic E-state index is 0.525. The van der Waals surface area contributed by atoms with Gasteiger partial charge in [0.1, 0.15) is 17.0 Å². The van der Waals surface area contributed by atoms with Crippen molar-refractivity contribution in [3.63, 3.8) is 0 Å². The Labute approximate surface area is 112 Å². The number of nitrogens with zero attached hydrogens (tertiary/aromatic N) is 2. The van der Waals surface area contributed by atoms with Crippen LogP contribution in [0.15, 0.2) is 27.7 Å². The maximum Gasteiger partial charge on any atom is 0.152 e. The number of thioether (sulfide) groups is 1. The minimum Gasteiger partial charge on any atom is -0.483 e. The standard InChI is InChI=1S/C12H11BrN2OS/c1-7-12(13)15-9-4-3-8(17-2)5-10(9)16-6-11(15)14-7/h3-5H,6H2,1-2H3. The number of rotatable bonds is 1. The molecule has 0 radical (unpaired) electrons. The first-order valence-corrected chi connectivity index (χ1v) is 7.27. The fourth-order valence-electron chi connectivity index (χ4n) is 1.97. The van der Waals surface area contributed by atoms with Crippen molar-refractivity contribution in [2.24, 2.45) is 0 Å². The lowest BCUT2D eigenvalue weighted by atomic mass is 10.2. The van der Waals surface area contributed by atoms with Crippen LogP contribution in [-0.4, -0.2) is 15.8 Å². The van der Waals surface area contributed by atoms with E-state index in [2.05, 4.69) is 49.9 Å². The molecule has 2 aromatic rings. The van der Waals surface area contributed by atoms with Crippen LogP contribution >= 0.6 is 27.7 Å². The molecule has 0 atom stereocenters. The number of halogens is 1. The van der Waals surface area contributed by atoms with Gasteiger partial charge in [-0.1, -0.05) is 0 Å². The van der Waals surface area contributed by atoms with Crippen molar-refractivity contribution in [3.05, 3.63) is 34.3 Å². The largest absolute Gasteiger partial charge is 0.483 e. The van der Waals surface area contributed by atoms with Gasteiger partial charge in [-0.3, -0.25) is 4.57 Å². The number of benzene rings is 1. The molecule has 5 heteroatoms. The average molecular weight is 311 g/mol. The number of hydrogen-bond donors (Lipinski definition) is 0. The van der Waals surface area contributed by atoms with E-state index in [1.54, 1.807) is 11.8 Å². The number of ether oxygens (including phenoxy) is 1. The molecule has 1 aromatic carbocycles. The van der Waals surface area contributed by atoms with Gasteiger partial charge in [-0.05, 0) is 47.3 Å². The van der Waals surface area contributed by atoms with Crippen LogP contribution in [0.2, 0.25) is 0 Å². The summed E-state index contributed by atoms with van der Waals surface area (Å²) in [5.41, 5.74) is 2.04. The zero-order valence-electron chi connectivity index (χ0n) is 9.53. The van der Waals surface area contributed by atoms with E-state index in [0.29, 0.717) is 6.61 Å². The van der Waals surface area contributed by atoms with E-state index in [0.717, 1.165) is 27.6 Å². The fraction of sp³-hybridized carbons (Fsp3) is 0.250. The molecule has 1 aromatic heterocycles. The van der Waals surface area contributed by atoms with Crippen molar-refractivity contribution < 1.29 is 4.74 Å². The molecule has 1 aliphatic heterocycles. The van der Waals surface area contributed by atoms with E-state index in [9.17, 15) is 0 Å². The Kier molecular flexibility index (Phi) is 2.67. The molecule has 88 valence electrons. The van der Waals surface area contributed by atoms with E-state index in [1.807, 2.05) is 6.92 Å². The van der Waals surface area contributed by atoms with E-state index >= 15 is 0 Å². The molecule has 3 nitrogen and oxygen atoms in total. The summed E-state index contributed by atoms with van der Waals surface area (Å²) in [4.78, 5) is 5.69. The first kappa shape index (κ1) is 11.2. The van der Waals surface area contributed by atoms with E-state index in [1.165, 1.54) is 4.90 Å². The van der Waals surface area contributed by atoms with Crippen molar-refractivity contribution in [2.45, 2.75) is 18.4 Å². The topological polar surface area (TPSA) is 27.1 Å². The number of hydrogen-bond acceptors (Lipinski definition) is 3. The summed E-state index contributed by atoms with van der Waals surface area (Å²) in [6, 6.07) is 6.25. The lowest BCUT2D eigenvalue weighted by molar-refractivity contribution is 0.278. The zero-order chi connectivity index (χ0) is 12.0. The molecule has 0 saturated heterocycles. The number of imidazole rings is 1. The monoisotopic (exact) mass is 310 g/mol. The maximum atomic E-state index is 5.74. The summed E-state index contributed by atoms with van der Waals surface area (Å²) in [6.45, 7) is 2.52. The minimum atomic E-state index is 0.525. The molecule has 0 fully saturated rings. The van der Waals surface area contributed by atoms with Crippen LogP contribution in [0.4, 0.5) is 0 Å². The normalized spacial score (nSPS) is 12.9. The first-order valence-electron chi connectivity index (χ1n) is 5.25. The summed E-state index contributed by atoms with van der Waals surface area (Å²) >= 11 is 5.30. The number of aromatic nitrogens is 2. The van der Waals surface area contributed by atoms with Crippen LogP contribution in [0, 0.1) is 6.92 Å². The second-order valence-corrected chi connectivity index (χ2v) is 5.49. The molecule has 0 unspecified atom stereocenters. The highest BCUT2D eigenvalue weighted by Gasteiger charge is 2.22. The summed E-state index contributed by atoms with van der Waals surface area (Å²) in [5.74, 6) is 1.86. The van der Waals surface area contributed by atoms with Crippen molar-refractivity contribution in [1.29, 1.82) is 0 Å². The Hall–Kier alpha value is -0.940. The predicted molar refractivity (Wildman–Crippen MR) is 72.1 cm³/mol. The first-order chi connectivity index (χ1) is 8.20. The summed E-state index contributed by atoms with van der Waals surface area (Å²) < 4.78 is 8.86. The van der Waals surface area contributed by atoms with Gasteiger partial charge in [0.25, 0.3) is 0 Å². The van der Waals surface area contributed by atoms with Crippen molar-refractivity contribution in [3.8, 4) is 11.4 Å². The van der Waals surface area contributed by atoms with Crippen molar-refractivity contribution in [2.75, 3.05) is 6.26 Å². The van der Waals surface area contributed by atoms with Crippen LogP contribution in [0.25, 0.3) is 5.69 Å². The molecule has 2 heterocycles. The van der Waals surface area contributed by atoms with Gasteiger partial charge < -0.3 is 4.74 Å². The highest BCUT2D eigenvalue weighted by molar-refractivity contribution is 9.10. The molecular formula is C12H11BrN2OS. The lowest BCUT2D eigenvalue weighted by Crippen LogP contribution is -2.13. The maximum absolute atomic E-state index is 5.74. The Morgan fingerprint density at radius 3 is 3.06 bits per heavy atom. The molecule has 0 spiro atoms. The molecular weight excluding hydrogens is 300 g/mol. The van der Waals surface area contributed by atoms with Gasteiger partial charge in [0, 0.05) is 4.90 Å². The molecule has 1 aliphatic rings. The van der Waals surface area contributed by atoms with Crippen molar-refractivity contribution in [1.82, 2.24) is 9.55 Å². The van der Waals surface area contributed by atoms with Crippen LogP contribution in [-0.2, 0) is 6.61 Å². The highest BCUT2D eigenvalue weighted by Crippen LogP contribution is 2.36. The van der Waals surface area contributed by atoms with E-state index in [4.69, 9.17) is 4.74 Å². The smallest absolute Gasteiger partial charge is 0.152 e. The Morgan fingerprint density at radius 2 is 2.29 bits per heavy atom. The third kappa shape index (κ3) is 1.68. The molecule has 3 rings (SSSR count). The van der Waals surface area contributed by atoms with Crippen LogP contribution < -0.4 is 4.74 Å². The van der Waals surface area contributed by atoms with Crippen LogP contribution in [0.1, 0.15) is 11.5 Å². The van der Waals surface area contributed by atoms with Crippen molar-refractivity contribution >= 4 is 27.7 Å². The van der Waals surface area contributed by atoms with Gasteiger partial charge in [0.15, 0.2) is 5.82 Å². The van der Waals surface area contributed by atoms with Gasteiger partial charge in [-0.2, -0.15) is 0 Å². The number of aryl methyl sites for hydroxylation is 1. The van der Waals surface area contributed by atoms with E-state index < -0.39 is 0 Å². The molecule has 0 aliphatic carbocycles.